The Labute approximate surface area is 142 Å². The number of hydrogen-bond donors (Lipinski definition) is 2. The van der Waals surface area contributed by atoms with Crippen molar-refractivity contribution in [3.05, 3.63) is 51.5 Å². The molecule has 23 heavy (non-hydrogen) atoms. The predicted octanol–water partition coefficient (Wildman–Crippen LogP) is 3.52. The van der Waals surface area contributed by atoms with Gasteiger partial charge < -0.3 is 10.4 Å². The lowest BCUT2D eigenvalue weighted by molar-refractivity contribution is 0.129. The maximum Gasteiger partial charge on any atom is 0.107 e. The van der Waals surface area contributed by atoms with Crippen LogP contribution in [0.5, 0.6) is 0 Å². The van der Waals surface area contributed by atoms with Crippen LogP contribution in [-0.4, -0.2) is 23.2 Å². The van der Waals surface area contributed by atoms with Gasteiger partial charge in [-0.15, -0.1) is 11.3 Å². The Morgan fingerprint density at radius 1 is 1.26 bits per heavy atom. The number of hydrogen-bond acceptors (Lipinski definition) is 4. The van der Waals surface area contributed by atoms with Crippen molar-refractivity contribution in [1.82, 2.24) is 10.3 Å². The third-order valence-electron chi connectivity index (χ3n) is 4.82. The molecule has 3 rings (SSSR count). The van der Waals surface area contributed by atoms with Gasteiger partial charge in [-0.3, -0.25) is 0 Å². The molecule has 1 aromatic carbocycles. The second-order valence-electron chi connectivity index (χ2n) is 7.07. The molecule has 0 amide bonds. The van der Waals surface area contributed by atoms with Crippen molar-refractivity contribution in [3.63, 3.8) is 0 Å². The Kier molecular flexibility index (Phi) is 5.14. The zero-order chi connectivity index (χ0) is 16.3. The Balaban J connectivity index is 1.64. The molecule has 1 heterocycles. The van der Waals surface area contributed by atoms with Crippen LogP contribution in [0.25, 0.3) is 0 Å². The van der Waals surface area contributed by atoms with Gasteiger partial charge in [-0.1, -0.05) is 44.2 Å². The summed E-state index contributed by atoms with van der Waals surface area (Å²) in [4.78, 5) is 6.23. The van der Waals surface area contributed by atoms with Crippen LogP contribution in [0.1, 0.15) is 47.3 Å². The van der Waals surface area contributed by atoms with Crippen molar-refractivity contribution in [3.8, 4) is 0 Å². The predicted molar refractivity (Wildman–Crippen MR) is 95.9 cm³/mol. The molecule has 124 valence electrons. The topological polar surface area (TPSA) is 45.1 Å². The van der Waals surface area contributed by atoms with E-state index in [4.69, 9.17) is 4.98 Å². The number of aliphatic hydroxyl groups is 1. The number of benzene rings is 1. The highest BCUT2D eigenvalue weighted by Crippen LogP contribution is 2.34. The lowest BCUT2D eigenvalue weighted by atomic mass is 9.75. The maximum atomic E-state index is 9.78. The van der Waals surface area contributed by atoms with Gasteiger partial charge in [0.1, 0.15) is 5.01 Å². The average molecular weight is 330 g/mol. The van der Waals surface area contributed by atoms with Gasteiger partial charge in [-0.05, 0) is 30.2 Å². The van der Waals surface area contributed by atoms with E-state index >= 15 is 0 Å². The lowest BCUT2D eigenvalue weighted by Gasteiger charge is -2.33. The molecule has 0 aliphatic heterocycles. The van der Waals surface area contributed by atoms with E-state index in [1.165, 1.54) is 34.0 Å². The number of thiazole rings is 1. The summed E-state index contributed by atoms with van der Waals surface area (Å²) >= 11 is 1.86. The maximum absolute atomic E-state index is 9.78. The summed E-state index contributed by atoms with van der Waals surface area (Å²) in [7, 11) is 0. The van der Waals surface area contributed by atoms with Crippen LogP contribution in [-0.2, 0) is 19.4 Å². The van der Waals surface area contributed by atoms with E-state index in [2.05, 4.69) is 43.4 Å². The van der Waals surface area contributed by atoms with Crippen LogP contribution in [0, 0.1) is 5.41 Å². The largest absolute Gasteiger partial charge is 0.396 e. The van der Waals surface area contributed by atoms with Crippen molar-refractivity contribution < 1.29 is 5.11 Å². The third-order valence-corrected chi connectivity index (χ3v) is 5.97. The van der Waals surface area contributed by atoms with Gasteiger partial charge in [0.15, 0.2) is 0 Å². The van der Waals surface area contributed by atoms with Gasteiger partial charge >= 0.3 is 0 Å². The minimum atomic E-state index is -0.154. The van der Waals surface area contributed by atoms with Crippen LogP contribution >= 0.6 is 11.3 Å². The molecular weight excluding hydrogens is 304 g/mol. The summed E-state index contributed by atoms with van der Waals surface area (Å²) in [6.45, 7) is 6.11. The standard InChI is InChI=1S/C19H26N2OS/c1-19(2,13-22)15(14-7-4-3-5-8-14)11-20-12-18-21-16-9-6-10-17(16)23-18/h3-5,7-8,15,20,22H,6,9-13H2,1-2H3. The first-order valence-electron chi connectivity index (χ1n) is 8.44. The first-order chi connectivity index (χ1) is 11.1. The fourth-order valence-corrected chi connectivity index (χ4v) is 4.41. The number of aromatic nitrogens is 1. The Hall–Kier alpha value is -1.23. The summed E-state index contributed by atoms with van der Waals surface area (Å²) in [5.74, 6) is 0.278. The van der Waals surface area contributed by atoms with E-state index in [0.29, 0.717) is 0 Å². The van der Waals surface area contributed by atoms with Crippen molar-refractivity contribution in [1.29, 1.82) is 0 Å². The number of rotatable bonds is 7. The fourth-order valence-electron chi connectivity index (χ4n) is 3.28. The van der Waals surface area contributed by atoms with Crippen LogP contribution in [0.2, 0.25) is 0 Å². The summed E-state index contributed by atoms with van der Waals surface area (Å²) in [6.07, 6.45) is 3.62. The molecule has 0 saturated heterocycles. The van der Waals surface area contributed by atoms with Gasteiger partial charge in [-0.25, -0.2) is 4.98 Å². The second kappa shape index (κ2) is 7.12. The van der Waals surface area contributed by atoms with E-state index in [9.17, 15) is 5.11 Å². The minimum Gasteiger partial charge on any atom is -0.396 e. The van der Waals surface area contributed by atoms with E-state index in [1.807, 2.05) is 17.4 Å². The fraction of sp³-hybridized carbons (Fsp3) is 0.526. The molecule has 1 aliphatic carbocycles. The Morgan fingerprint density at radius 3 is 2.74 bits per heavy atom. The van der Waals surface area contributed by atoms with Crippen molar-refractivity contribution in [2.24, 2.45) is 5.41 Å². The van der Waals surface area contributed by atoms with Crippen molar-refractivity contribution >= 4 is 11.3 Å². The number of nitrogens with one attached hydrogen (secondary N) is 1. The molecule has 0 radical (unpaired) electrons. The molecule has 1 unspecified atom stereocenters. The van der Waals surface area contributed by atoms with Crippen LogP contribution in [0.3, 0.4) is 0 Å². The molecule has 0 bridgehead atoms. The van der Waals surface area contributed by atoms with Crippen molar-refractivity contribution in [2.75, 3.05) is 13.2 Å². The van der Waals surface area contributed by atoms with E-state index in [-0.39, 0.29) is 17.9 Å². The Morgan fingerprint density at radius 2 is 2.04 bits per heavy atom. The highest BCUT2D eigenvalue weighted by molar-refractivity contribution is 7.11. The first kappa shape index (κ1) is 16.6. The molecule has 1 aromatic heterocycles. The summed E-state index contributed by atoms with van der Waals surface area (Å²) in [6, 6.07) is 10.5. The van der Waals surface area contributed by atoms with E-state index in [1.54, 1.807) is 0 Å². The molecule has 2 N–H and O–H groups in total. The van der Waals surface area contributed by atoms with Gasteiger partial charge in [0, 0.05) is 30.5 Å². The average Bonchev–Trinajstić information content (AvgIpc) is 3.13. The SMILES string of the molecule is CC(C)(CO)C(CNCc1nc2c(s1)CCC2)c1ccccc1. The summed E-state index contributed by atoms with van der Waals surface area (Å²) in [5.41, 5.74) is 2.45. The zero-order valence-electron chi connectivity index (χ0n) is 14.0. The minimum absolute atomic E-state index is 0.154. The quantitative estimate of drug-likeness (QED) is 0.816. The normalized spacial score (nSPS) is 15.6. The van der Waals surface area contributed by atoms with E-state index in [0.717, 1.165) is 19.5 Å². The molecule has 2 aromatic rings. The smallest absolute Gasteiger partial charge is 0.107 e. The van der Waals surface area contributed by atoms with Crippen molar-refractivity contribution in [2.45, 2.75) is 45.6 Å². The van der Waals surface area contributed by atoms with Gasteiger partial charge in [0.2, 0.25) is 0 Å². The second-order valence-corrected chi connectivity index (χ2v) is 8.24. The van der Waals surface area contributed by atoms with Crippen LogP contribution < -0.4 is 5.32 Å². The number of aliphatic hydroxyl groups excluding tert-OH is 1. The molecule has 4 heteroatoms. The molecule has 1 atom stereocenters. The molecule has 0 fully saturated rings. The molecule has 3 nitrogen and oxygen atoms in total. The molecule has 0 saturated carbocycles. The van der Waals surface area contributed by atoms with Crippen LogP contribution in [0.4, 0.5) is 0 Å². The lowest BCUT2D eigenvalue weighted by Crippen LogP contribution is -2.34. The van der Waals surface area contributed by atoms with Gasteiger partial charge in [0.05, 0.1) is 5.69 Å². The number of fused-ring (bicyclic) bond motifs is 1. The number of aryl methyl sites for hydroxylation is 2. The molecular formula is C19H26N2OS. The summed E-state index contributed by atoms with van der Waals surface area (Å²) in [5, 5.41) is 14.5. The highest BCUT2D eigenvalue weighted by atomic mass is 32.1. The first-order valence-corrected chi connectivity index (χ1v) is 9.26. The third kappa shape index (κ3) is 3.82. The Bertz CT molecular complexity index is 615. The van der Waals surface area contributed by atoms with E-state index < -0.39 is 0 Å². The zero-order valence-corrected chi connectivity index (χ0v) is 14.8. The van der Waals surface area contributed by atoms with Gasteiger partial charge in [0.25, 0.3) is 0 Å². The monoisotopic (exact) mass is 330 g/mol. The summed E-state index contributed by atoms with van der Waals surface area (Å²) < 4.78 is 0. The van der Waals surface area contributed by atoms with Gasteiger partial charge in [-0.2, -0.15) is 0 Å². The highest BCUT2D eigenvalue weighted by Gasteiger charge is 2.30. The number of nitrogens with zero attached hydrogens (tertiary/aromatic N) is 1. The molecule has 1 aliphatic rings. The molecule has 0 spiro atoms. The van der Waals surface area contributed by atoms with Crippen LogP contribution in [0.15, 0.2) is 30.3 Å².